The van der Waals surface area contributed by atoms with Crippen molar-refractivity contribution in [3.8, 4) is 0 Å². The minimum Gasteiger partial charge on any atom is -0.354 e. The molecule has 138 valence electrons. The molecule has 1 N–H and O–H groups in total. The number of carbonyl (C=O) groups is 2. The van der Waals surface area contributed by atoms with Crippen LogP contribution < -0.4 is 5.32 Å². The Balaban J connectivity index is 2.24. The number of nitrogens with zero attached hydrogens (tertiary/aromatic N) is 1. The average molecular weight is 352 g/mol. The fourth-order valence-corrected chi connectivity index (χ4v) is 2.96. The number of nitrogens with one attached hydrogen (secondary N) is 1. The molecule has 0 spiro atoms. The SMILES string of the molecule is CCCCCNC(=O)[C@@H](c1ccccc1)N(Cc1ccccc1)C(C)=O. The van der Waals surface area contributed by atoms with Crippen LogP contribution in [0.5, 0.6) is 0 Å². The molecule has 1 atom stereocenters. The summed E-state index contributed by atoms with van der Waals surface area (Å²) < 4.78 is 0. The first-order valence-corrected chi connectivity index (χ1v) is 9.27. The molecule has 0 fully saturated rings. The Labute approximate surface area is 156 Å². The summed E-state index contributed by atoms with van der Waals surface area (Å²) in [7, 11) is 0. The Kier molecular flexibility index (Phi) is 7.87. The molecular formula is C22H28N2O2. The van der Waals surface area contributed by atoms with E-state index in [-0.39, 0.29) is 11.8 Å². The van der Waals surface area contributed by atoms with Gasteiger partial charge in [0.25, 0.3) is 0 Å². The zero-order valence-electron chi connectivity index (χ0n) is 15.7. The van der Waals surface area contributed by atoms with Crippen molar-refractivity contribution in [3.05, 3.63) is 71.8 Å². The molecule has 2 aromatic carbocycles. The second kappa shape index (κ2) is 10.4. The van der Waals surface area contributed by atoms with Gasteiger partial charge in [0.15, 0.2) is 0 Å². The van der Waals surface area contributed by atoms with Crippen molar-refractivity contribution < 1.29 is 9.59 Å². The average Bonchev–Trinajstić information content (AvgIpc) is 2.66. The molecule has 0 bridgehead atoms. The van der Waals surface area contributed by atoms with Crippen LogP contribution in [-0.4, -0.2) is 23.3 Å². The molecule has 0 aliphatic heterocycles. The Bertz CT molecular complexity index is 686. The van der Waals surface area contributed by atoms with Crippen LogP contribution in [-0.2, 0) is 16.1 Å². The van der Waals surface area contributed by atoms with Gasteiger partial charge in [-0.2, -0.15) is 0 Å². The second-order valence-corrected chi connectivity index (χ2v) is 6.44. The molecule has 26 heavy (non-hydrogen) atoms. The van der Waals surface area contributed by atoms with Gasteiger partial charge in [-0.3, -0.25) is 9.59 Å². The van der Waals surface area contributed by atoms with Gasteiger partial charge in [-0.1, -0.05) is 80.4 Å². The van der Waals surface area contributed by atoms with E-state index < -0.39 is 6.04 Å². The lowest BCUT2D eigenvalue weighted by molar-refractivity contribution is -0.140. The summed E-state index contributed by atoms with van der Waals surface area (Å²) in [5, 5.41) is 3.00. The highest BCUT2D eigenvalue weighted by Crippen LogP contribution is 2.23. The predicted molar refractivity (Wildman–Crippen MR) is 104 cm³/mol. The van der Waals surface area contributed by atoms with Crippen LogP contribution in [0.2, 0.25) is 0 Å². The summed E-state index contributed by atoms with van der Waals surface area (Å²) in [5.74, 6) is -0.246. The van der Waals surface area contributed by atoms with Crippen molar-refractivity contribution in [1.82, 2.24) is 10.2 Å². The van der Waals surface area contributed by atoms with Crippen molar-refractivity contribution in [2.24, 2.45) is 0 Å². The van der Waals surface area contributed by atoms with Gasteiger partial charge < -0.3 is 10.2 Å². The Hall–Kier alpha value is -2.62. The second-order valence-electron chi connectivity index (χ2n) is 6.44. The van der Waals surface area contributed by atoms with Crippen LogP contribution in [0, 0.1) is 0 Å². The number of carbonyl (C=O) groups excluding carboxylic acids is 2. The zero-order chi connectivity index (χ0) is 18.8. The Morgan fingerprint density at radius 1 is 0.962 bits per heavy atom. The molecule has 2 aromatic rings. The smallest absolute Gasteiger partial charge is 0.247 e. The van der Waals surface area contributed by atoms with Gasteiger partial charge in [-0.25, -0.2) is 0 Å². The van der Waals surface area contributed by atoms with E-state index >= 15 is 0 Å². The molecule has 2 rings (SSSR count). The summed E-state index contributed by atoms with van der Waals surface area (Å²) in [5.41, 5.74) is 1.83. The fraction of sp³-hybridized carbons (Fsp3) is 0.364. The molecule has 0 saturated carbocycles. The number of hydrogen-bond acceptors (Lipinski definition) is 2. The highest BCUT2D eigenvalue weighted by molar-refractivity contribution is 5.88. The van der Waals surface area contributed by atoms with Gasteiger partial charge >= 0.3 is 0 Å². The molecular weight excluding hydrogens is 324 g/mol. The molecule has 0 aliphatic carbocycles. The third-order valence-electron chi connectivity index (χ3n) is 4.36. The van der Waals surface area contributed by atoms with Crippen molar-refractivity contribution in [3.63, 3.8) is 0 Å². The molecule has 2 amide bonds. The maximum atomic E-state index is 12.9. The first-order chi connectivity index (χ1) is 12.6. The molecule has 0 aliphatic rings. The van der Waals surface area contributed by atoms with Crippen molar-refractivity contribution in [2.45, 2.75) is 45.7 Å². The van der Waals surface area contributed by atoms with E-state index in [4.69, 9.17) is 0 Å². The van der Waals surface area contributed by atoms with E-state index in [9.17, 15) is 9.59 Å². The largest absolute Gasteiger partial charge is 0.354 e. The van der Waals surface area contributed by atoms with E-state index in [1.54, 1.807) is 4.90 Å². The number of unbranched alkanes of at least 4 members (excludes halogenated alkanes) is 2. The maximum Gasteiger partial charge on any atom is 0.247 e. The third-order valence-corrected chi connectivity index (χ3v) is 4.36. The van der Waals surface area contributed by atoms with Gasteiger partial charge in [0.05, 0.1) is 0 Å². The molecule has 0 unspecified atom stereocenters. The molecule has 0 saturated heterocycles. The number of hydrogen-bond donors (Lipinski definition) is 1. The van der Waals surface area contributed by atoms with Gasteiger partial charge in [-0.05, 0) is 17.5 Å². The molecule has 4 nitrogen and oxygen atoms in total. The summed E-state index contributed by atoms with van der Waals surface area (Å²) in [4.78, 5) is 27.0. The minimum absolute atomic E-state index is 0.119. The van der Waals surface area contributed by atoms with Crippen molar-refractivity contribution in [1.29, 1.82) is 0 Å². The zero-order valence-corrected chi connectivity index (χ0v) is 15.7. The van der Waals surface area contributed by atoms with E-state index in [2.05, 4.69) is 12.2 Å². The monoisotopic (exact) mass is 352 g/mol. The van der Waals surface area contributed by atoms with Crippen LogP contribution in [0.15, 0.2) is 60.7 Å². The van der Waals surface area contributed by atoms with Crippen LogP contribution in [0.1, 0.15) is 50.3 Å². The van der Waals surface area contributed by atoms with Crippen LogP contribution in [0.25, 0.3) is 0 Å². The molecule has 4 heteroatoms. The standard InChI is InChI=1S/C22H28N2O2/c1-3-4-11-16-23-22(26)21(20-14-9-6-10-15-20)24(18(2)25)17-19-12-7-5-8-13-19/h5-10,12-15,21H,3-4,11,16-17H2,1-2H3,(H,23,26)/t21-/m1/s1. The van der Waals surface area contributed by atoms with Crippen LogP contribution in [0.3, 0.4) is 0 Å². The van der Waals surface area contributed by atoms with Crippen molar-refractivity contribution in [2.75, 3.05) is 6.54 Å². The van der Waals surface area contributed by atoms with E-state index in [1.165, 1.54) is 6.92 Å². The van der Waals surface area contributed by atoms with Gasteiger partial charge in [0.2, 0.25) is 11.8 Å². The molecule has 0 radical (unpaired) electrons. The lowest BCUT2D eigenvalue weighted by Crippen LogP contribution is -2.42. The normalized spacial score (nSPS) is 11.6. The van der Waals surface area contributed by atoms with E-state index in [0.29, 0.717) is 13.1 Å². The first kappa shape index (κ1) is 19.7. The van der Waals surface area contributed by atoms with E-state index in [1.807, 2.05) is 60.7 Å². The summed E-state index contributed by atoms with van der Waals surface area (Å²) >= 11 is 0. The summed E-state index contributed by atoms with van der Waals surface area (Å²) in [6.45, 7) is 4.68. The highest BCUT2D eigenvalue weighted by Gasteiger charge is 2.29. The van der Waals surface area contributed by atoms with Crippen molar-refractivity contribution >= 4 is 11.8 Å². The van der Waals surface area contributed by atoms with E-state index in [0.717, 1.165) is 30.4 Å². The number of rotatable bonds is 9. The quantitative estimate of drug-likeness (QED) is 0.691. The van der Waals surface area contributed by atoms with Gasteiger partial charge in [-0.15, -0.1) is 0 Å². The third kappa shape index (κ3) is 5.73. The number of amides is 2. The highest BCUT2D eigenvalue weighted by atomic mass is 16.2. The van der Waals surface area contributed by atoms with Gasteiger partial charge in [0.1, 0.15) is 6.04 Å². The first-order valence-electron chi connectivity index (χ1n) is 9.27. The lowest BCUT2D eigenvalue weighted by atomic mass is 10.0. The predicted octanol–water partition coefficient (Wildman–Crippen LogP) is 4.08. The fourth-order valence-electron chi connectivity index (χ4n) is 2.96. The topological polar surface area (TPSA) is 49.4 Å². The molecule has 0 heterocycles. The number of benzene rings is 2. The Morgan fingerprint density at radius 2 is 1.58 bits per heavy atom. The van der Waals surface area contributed by atoms with Crippen LogP contribution in [0.4, 0.5) is 0 Å². The lowest BCUT2D eigenvalue weighted by Gasteiger charge is -2.30. The Morgan fingerprint density at radius 3 is 2.15 bits per heavy atom. The van der Waals surface area contributed by atoms with Gasteiger partial charge in [0, 0.05) is 20.0 Å². The maximum absolute atomic E-state index is 12.9. The van der Waals surface area contributed by atoms with Crippen LogP contribution >= 0.6 is 0 Å². The summed E-state index contributed by atoms with van der Waals surface area (Å²) in [6, 6.07) is 18.6. The summed E-state index contributed by atoms with van der Waals surface area (Å²) in [6.07, 6.45) is 3.13. The minimum atomic E-state index is -0.629. The molecule has 0 aromatic heterocycles.